The third kappa shape index (κ3) is 4.86. The second kappa shape index (κ2) is 10.4. The molecule has 0 saturated carbocycles. The molecule has 1 aromatic carbocycles. The molecule has 0 unspecified atom stereocenters. The molecular weight excluding hydrogens is 498 g/mol. The van der Waals surface area contributed by atoms with Gasteiger partial charge in [0.1, 0.15) is 17.6 Å². The number of carbonyl (C=O) groups is 1. The number of hydrogen-bond acceptors (Lipinski definition) is 9. The summed E-state index contributed by atoms with van der Waals surface area (Å²) in [5.74, 6) is 1.74. The van der Waals surface area contributed by atoms with Gasteiger partial charge in [0.2, 0.25) is 15.9 Å². The number of benzene rings is 1. The summed E-state index contributed by atoms with van der Waals surface area (Å²) in [6, 6.07) is 8.17. The molecule has 0 aliphatic carbocycles. The zero-order chi connectivity index (χ0) is 26.2. The van der Waals surface area contributed by atoms with Crippen LogP contribution in [0.3, 0.4) is 0 Å². The van der Waals surface area contributed by atoms with E-state index in [1.165, 1.54) is 11.4 Å². The predicted octanol–water partition coefficient (Wildman–Crippen LogP) is 2.21. The maximum absolute atomic E-state index is 13.2. The van der Waals surface area contributed by atoms with E-state index >= 15 is 0 Å². The van der Waals surface area contributed by atoms with Crippen molar-refractivity contribution in [3.8, 4) is 5.75 Å². The number of rotatable bonds is 6. The number of nitrogens with zero attached hydrogens (tertiary/aromatic N) is 4. The van der Waals surface area contributed by atoms with Crippen LogP contribution in [-0.2, 0) is 24.3 Å². The molecule has 2 saturated heterocycles. The van der Waals surface area contributed by atoms with E-state index in [9.17, 15) is 13.2 Å². The monoisotopic (exact) mass is 531 g/mol. The van der Waals surface area contributed by atoms with Gasteiger partial charge >= 0.3 is 0 Å². The summed E-state index contributed by atoms with van der Waals surface area (Å²) in [7, 11) is -0.393. The highest BCUT2D eigenvalue weighted by molar-refractivity contribution is 7.89. The van der Waals surface area contributed by atoms with Crippen molar-refractivity contribution in [1.82, 2.24) is 9.29 Å². The molecule has 3 aliphatic heterocycles. The summed E-state index contributed by atoms with van der Waals surface area (Å²) in [4.78, 5) is 21.8. The fourth-order valence-electron chi connectivity index (χ4n) is 5.14. The predicted molar refractivity (Wildman–Crippen MR) is 139 cm³/mol. The topological polar surface area (TPSA) is 114 Å². The number of aromatic nitrogens is 1. The Morgan fingerprint density at radius 2 is 1.76 bits per heavy atom. The lowest BCUT2D eigenvalue weighted by Crippen LogP contribution is -2.56. The molecule has 4 heterocycles. The van der Waals surface area contributed by atoms with Gasteiger partial charge in [-0.05, 0) is 50.1 Å². The number of carbonyl (C=O) groups excluding carboxylic acids is 1. The summed E-state index contributed by atoms with van der Waals surface area (Å²) < 4.78 is 44.3. The van der Waals surface area contributed by atoms with Crippen molar-refractivity contribution >= 4 is 38.9 Å². The van der Waals surface area contributed by atoms with E-state index < -0.39 is 10.0 Å². The quantitative estimate of drug-likeness (QED) is 0.599. The van der Waals surface area contributed by atoms with Crippen LogP contribution < -0.4 is 19.9 Å². The van der Waals surface area contributed by atoms with Crippen molar-refractivity contribution < 1.29 is 27.4 Å². The Kier molecular flexibility index (Phi) is 7.26. The lowest BCUT2D eigenvalue weighted by molar-refractivity contribution is -0.119. The minimum Gasteiger partial charge on any atom is -0.495 e. The Hall–Kier alpha value is -2.93. The van der Waals surface area contributed by atoms with Crippen LogP contribution in [-0.4, -0.2) is 89.4 Å². The molecule has 0 bridgehead atoms. The van der Waals surface area contributed by atoms with Gasteiger partial charge in [0.25, 0.3) is 0 Å². The normalized spacial score (nSPS) is 21.6. The van der Waals surface area contributed by atoms with Gasteiger partial charge in [-0.25, -0.2) is 13.4 Å². The number of anilines is 4. The molecule has 1 N–H and O–H groups in total. The van der Waals surface area contributed by atoms with Gasteiger partial charge in [0.15, 0.2) is 5.82 Å². The zero-order valence-electron chi connectivity index (χ0n) is 21.3. The van der Waals surface area contributed by atoms with E-state index in [4.69, 9.17) is 19.2 Å². The summed E-state index contributed by atoms with van der Waals surface area (Å²) >= 11 is 0. The summed E-state index contributed by atoms with van der Waals surface area (Å²) in [5, 5.41) is 3.25. The van der Waals surface area contributed by atoms with E-state index in [0.717, 1.165) is 18.5 Å². The minimum atomic E-state index is -3.69. The van der Waals surface area contributed by atoms with Crippen molar-refractivity contribution in [2.45, 2.75) is 36.7 Å². The smallest absolute Gasteiger partial charge is 0.249 e. The highest BCUT2D eigenvalue weighted by Gasteiger charge is 2.39. The molecule has 1 atom stereocenters. The van der Waals surface area contributed by atoms with Crippen LogP contribution in [0.25, 0.3) is 0 Å². The van der Waals surface area contributed by atoms with Crippen LogP contribution >= 0.6 is 0 Å². The number of sulfonamides is 1. The first-order chi connectivity index (χ1) is 17.8. The van der Waals surface area contributed by atoms with Crippen molar-refractivity contribution in [2.24, 2.45) is 0 Å². The van der Waals surface area contributed by atoms with Crippen molar-refractivity contribution in [1.29, 1.82) is 0 Å². The molecule has 2 aromatic rings. The first-order valence-corrected chi connectivity index (χ1v) is 13.9. The number of methoxy groups -OCH3 is 1. The van der Waals surface area contributed by atoms with E-state index in [0.29, 0.717) is 62.6 Å². The van der Waals surface area contributed by atoms with Crippen molar-refractivity contribution in [3.05, 3.63) is 30.3 Å². The number of hydrogen-bond donors (Lipinski definition) is 1. The molecule has 11 nitrogen and oxygen atoms in total. The highest BCUT2D eigenvalue weighted by atomic mass is 32.2. The number of pyridine rings is 1. The molecule has 0 radical (unpaired) electrons. The number of morpholine rings is 1. The van der Waals surface area contributed by atoms with E-state index in [1.54, 1.807) is 36.2 Å². The molecule has 1 aromatic heterocycles. The van der Waals surface area contributed by atoms with Crippen LogP contribution in [0, 0.1) is 0 Å². The Balaban J connectivity index is 1.49. The number of likely N-dealkylation sites (N-methyl/N-ethyl adjacent to an activating group) is 1. The molecular formula is C25H33N5O6S. The number of nitrogens with one attached hydrogen (secondary N) is 1. The average molecular weight is 532 g/mol. The van der Waals surface area contributed by atoms with E-state index in [1.807, 2.05) is 13.0 Å². The third-order valence-corrected chi connectivity index (χ3v) is 9.09. The largest absolute Gasteiger partial charge is 0.495 e. The fraction of sp³-hybridized carbons (Fsp3) is 0.520. The minimum absolute atomic E-state index is 0.0178. The standard InChI is InChI=1S/C25H33N5O6S/c1-17-25(31)28(2)21-5-7-23(27-24(21)30(17)18-8-12-35-13-9-18)26-20-16-19(4-6-22(20)34-3)37(32,33)29-10-14-36-15-11-29/h4-7,16-18H,8-15H2,1-3H3,(H,26,27)/t17-/m1/s1. The average Bonchev–Trinajstić information content (AvgIpc) is 2.93. The van der Waals surface area contributed by atoms with Crippen molar-refractivity contribution in [3.63, 3.8) is 0 Å². The molecule has 3 aliphatic rings. The first kappa shape index (κ1) is 25.7. The number of fused-ring (bicyclic) bond motifs is 1. The van der Waals surface area contributed by atoms with Crippen LogP contribution in [0.4, 0.5) is 23.0 Å². The molecule has 5 rings (SSSR count). The van der Waals surface area contributed by atoms with Crippen LogP contribution in [0.5, 0.6) is 5.75 Å². The third-order valence-electron chi connectivity index (χ3n) is 7.19. The Bertz CT molecular complexity index is 1260. The first-order valence-electron chi connectivity index (χ1n) is 12.5. The van der Waals surface area contributed by atoms with Gasteiger partial charge in [-0.1, -0.05) is 0 Å². The lowest BCUT2D eigenvalue weighted by Gasteiger charge is -2.44. The van der Waals surface area contributed by atoms with E-state index in [-0.39, 0.29) is 22.9 Å². The highest BCUT2D eigenvalue weighted by Crippen LogP contribution is 2.39. The van der Waals surface area contributed by atoms with E-state index in [2.05, 4.69) is 10.2 Å². The molecule has 12 heteroatoms. The Morgan fingerprint density at radius 1 is 1.05 bits per heavy atom. The second-order valence-corrected chi connectivity index (χ2v) is 11.3. The van der Waals surface area contributed by atoms with Gasteiger partial charge in [0.05, 0.1) is 36.6 Å². The summed E-state index contributed by atoms with van der Waals surface area (Å²) in [6.07, 6.45) is 1.63. The zero-order valence-corrected chi connectivity index (χ0v) is 22.2. The molecule has 200 valence electrons. The Labute approximate surface area is 217 Å². The molecule has 37 heavy (non-hydrogen) atoms. The van der Waals surface area contributed by atoms with Crippen LogP contribution in [0.1, 0.15) is 19.8 Å². The van der Waals surface area contributed by atoms with Gasteiger partial charge in [-0.15, -0.1) is 0 Å². The van der Waals surface area contributed by atoms with Gasteiger partial charge in [-0.3, -0.25) is 4.79 Å². The SMILES string of the molecule is COc1ccc(S(=O)(=O)N2CCOCC2)cc1Nc1ccc2c(n1)N(C1CCOCC1)[C@H](C)C(=O)N2C. The maximum atomic E-state index is 13.2. The molecule has 0 spiro atoms. The molecule has 1 amide bonds. The van der Waals surface area contributed by atoms with Crippen LogP contribution in [0.15, 0.2) is 35.2 Å². The maximum Gasteiger partial charge on any atom is 0.249 e. The second-order valence-electron chi connectivity index (χ2n) is 9.37. The van der Waals surface area contributed by atoms with Crippen molar-refractivity contribution in [2.75, 3.05) is 68.8 Å². The summed E-state index contributed by atoms with van der Waals surface area (Å²) in [5.41, 5.74) is 1.21. The fourth-order valence-corrected chi connectivity index (χ4v) is 6.57. The Morgan fingerprint density at radius 3 is 2.46 bits per heavy atom. The number of ether oxygens (including phenoxy) is 3. The van der Waals surface area contributed by atoms with Gasteiger partial charge < -0.3 is 29.3 Å². The number of amides is 1. The van der Waals surface area contributed by atoms with Gasteiger partial charge in [0, 0.05) is 39.4 Å². The van der Waals surface area contributed by atoms with Gasteiger partial charge in [-0.2, -0.15) is 4.31 Å². The van der Waals surface area contributed by atoms with Crippen LogP contribution in [0.2, 0.25) is 0 Å². The lowest BCUT2D eigenvalue weighted by atomic mass is 10.0. The summed E-state index contributed by atoms with van der Waals surface area (Å²) in [6.45, 7) is 4.57. The molecule has 2 fully saturated rings.